The van der Waals surface area contributed by atoms with E-state index in [1.54, 1.807) is 0 Å². The maximum absolute atomic E-state index is 12.1. The van der Waals surface area contributed by atoms with Gasteiger partial charge < -0.3 is 11.1 Å². The number of carbonyl (C=O) groups is 1. The number of rotatable bonds is 7. The molecule has 0 radical (unpaired) electrons. The topological polar surface area (TPSA) is 55.1 Å². The monoisotopic (exact) mass is 340 g/mol. The molecule has 4 heteroatoms. The Bertz CT molecular complexity index is 434. The fraction of sp³-hybridized carbons (Fsp3) is 0.562. The van der Waals surface area contributed by atoms with E-state index < -0.39 is 0 Å². The number of carbonyl (C=O) groups excluding carboxylic acids is 1. The zero-order valence-electron chi connectivity index (χ0n) is 12.5. The smallest absolute Gasteiger partial charge is 0.220 e. The standard InChI is InChI=1S/C16H25BrN2O/c1-11(2)8-13(10-18)9-16(20)19-12(3)14-6-4-5-7-15(14)17/h4-7,11-13H,8-10,18H2,1-3H3,(H,19,20)/t12-,13?/m0/s1. The molecule has 0 saturated heterocycles. The summed E-state index contributed by atoms with van der Waals surface area (Å²) in [6.45, 7) is 6.88. The van der Waals surface area contributed by atoms with Crippen LogP contribution in [-0.2, 0) is 4.79 Å². The number of amides is 1. The van der Waals surface area contributed by atoms with Gasteiger partial charge in [0, 0.05) is 10.9 Å². The van der Waals surface area contributed by atoms with Gasteiger partial charge in [-0.2, -0.15) is 0 Å². The van der Waals surface area contributed by atoms with E-state index in [1.807, 2.05) is 31.2 Å². The molecule has 1 aromatic rings. The van der Waals surface area contributed by atoms with Crippen LogP contribution >= 0.6 is 15.9 Å². The molecule has 1 unspecified atom stereocenters. The van der Waals surface area contributed by atoms with Gasteiger partial charge in [0.05, 0.1) is 6.04 Å². The predicted molar refractivity (Wildman–Crippen MR) is 87.3 cm³/mol. The van der Waals surface area contributed by atoms with Crippen molar-refractivity contribution in [2.24, 2.45) is 17.6 Å². The Morgan fingerprint density at radius 3 is 2.50 bits per heavy atom. The Hall–Kier alpha value is -0.870. The van der Waals surface area contributed by atoms with E-state index in [0.717, 1.165) is 16.5 Å². The van der Waals surface area contributed by atoms with E-state index in [2.05, 4.69) is 35.1 Å². The van der Waals surface area contributed by atoms with Crippen LogP contribution in [0.3, 0.4) is 0 Å². The van der Waals surface area contributed by atoms with Crippen LogP contribution in [0, 0.1) is 11.8 Å². The summed E-state index contributed by atoms with van der Waals surface area (Å²) in [6.07, 6.45) is 1.50. The molecule has 0 spiro atoms. The highest BCUT2D eigenvalue weighted by atomic mass is 79.9. The van der Waals surface area contributed by atoms with Crippen LogP contribution in [0.4, 0.5) is 0 Å². The predicted octanol–water partition coefficient (Wildman–Crippen LogP) is 3.64. The highest BCUT2D eigenvalue weighted by Crippen LogP contribution is 2.23. The average molecular weight is 341 g/mol. The molecule has 1 aromatic carbocycles. The highest BCUT2D eigenvalue weighted by Gasteiger charge is 2.17. The van der Waals surface area contributed by atoms with Gasteiger partial charge in [0.2, 0.25) is 5.91 Å². The molecule has 3 nitrogen and oxygen atoms in total. The number of halogens is 1. The van der Waals surface area contributed by atoms with Crippen molar-refractivity contribution in [1.82, 2.24) is 5.32 Å². The van der Waals surface area contributed by atoms with E-state index in [-0.39, 0.29) is 17.9 Å². The Balaban J connectivity index is 2.55. The molecule has 0 bridgehead atoms. The minimum atomic E-state index is -0.00412. The highest BCUT2D eigenvalue weighted by molar-refractivity contribution is 9.10. The molecule has 0 fully saturated rings. The second kappa shape index (κ2) is 8.42. The minimum Gasteiger partial charge on any atom is -0.350 e. The molecular weight excluding hydrogens is 316 g/mol. The molecule has 0 aliphatic rings. The van der Waals surface area contributed by atoms with E-state index >= 15 is 0 Å². The van der Waals surface area contributed by atoms with E-state index in [4.69, 9.17) is 5.73 Å². The summed E-state index contributed by atoms with van der Waals surface area (Å²) >= 11 is 3.51. The van der Waals surface area contributed by atoms with Gasteiger partial charge in [0.25, 0.3) is 0 Å². The summed E-state index contributed by atoms with van der Waals surface area (Å²) in [6, 6.07) is 7.94. The van der Waals surface area contributed by atoms with Gasteiger partial charge in [-0.3, -0.25) is 4.79 Å². The summed E-state index contributed by atoms with van der Waals surface area (Å²) in [5, 5.41) is 3.05. The third-order valence-electron chi connectivity index (χ3n) is 3.36. The van der Waals surface area contributed by atoms with E-state index in [1.165, 1.54) is 0 Å². The molecule has 0 heterocycles. The third-order valence-corrected chi connectivity index (χ3v) is 4.08. The maximum Gasteiger partial charge on any atom is 0.220 e. The Kier molecular flexibility index (Phi) is 7.24. The first-order chi connectivity index (χ1) is 9.43. The van der Waals surface area contributed by atoms with Crippen LogP contribution in [0.15, 0.2) is 28.7 Å². The minimum absolute atomic E-state index is 0.00412. The molecule has 1 rings (SSSR count). The van der Waals surface area contributed by atoms with Gasteiger partial charge in [0.1, 0.15) is 0 Å². The van der Waals surface area contributed by atoms with Gasteiger partial charge in [0.15, 0.2) is 0 Å². The van der Waals surface area contributed by atoms with Crippen molar-refractivity contribution in [1.29, 1.82) is 0 Å². The van der Waals surface area contributed by atoms with Gasteiger partial charge in [-0.25, -0.2) is 0 Å². The Morgan fingerprint density at radius 1 is 1.30 bits per heavy atom. The van der Waals surface area contributed by atoms with Crippen molar-refractivity contribution < 1.29 is 4.79 Å². The zero-order chi connectivity index (χ0) is 15.1. The fourth-order valence-corrected chi connectivity index (χ4v) is 3.02. The van der Waals surface area contributed by atoms with Gasteiger partial charge >= 0.3 is 0 Å². The SMILES string of the molecule is CC(C)CC(CN)CC(=O)N[C@@H](C)c1ccccc1Br. The van der Waals surface area contributed by atoms with Crippen molar-refractivity contribution in [3.8, 4) is 0 Å². The lowest BCUT2D eigenvalue weighted by molar-refractivity contribution is -0.122. The van der Waals surface area contributed by atoms with Crippen LogP contribution < -0.4 is 11.1 Å². The van der Waals surface area contributed by atoms with Crippen LogP contribution in [-0.4, -0.2) is 12.5 Å². The molecule has 1 amide bonds. The van der Waals surface area contributed by atoms with E-state index in [9.17, 15) is 4.79 Å². The first kappa shape index (κ1) is 17.2. The van der Waals surface area contributed by atoms with Crippen molar-refractivity contribution >= 4 is 21.8 Å². The molecule has 112 valence electrons. The van der Waals surface area contributed by atoms with Gasteiger partial charge in [-0.05, 0) is 43.4 Å². The lowest BCUT2D eigenvalue weighted by Crippen LogP contribution is -2.31. The van der Waals surface area contributed by atoms with Crippen molar-refractivity contribution in [3.05, 3.63) is 34.3 Å². The van der Waals surface area contributed by atoms with Crippen LogP contribution in [0.1, 0.15) is 45.2 Å². The average Bonchev–Trinajstić information content (AvgIpc) is 2.37. The summed E-state index contributed by atoms with van der Waals surface area (Å²) in [5.74, 6) is 0.905. The summed E-state index contributed by atoms with van der Waals surface area (Å²) in [7, 11) is 0. The molecule has 0 aliphatic carbocycles. The Morgan fingerprint density at radius 2 is 1.95 bits per heavy atom. The van der Waals surface area contributed by atoms with Gasteiger partial charge in [-0.15, -0.1) is 0 Å². The zero-order valence-corrected chi connectivity index (χ0v) is 14.1. The summed E-state index contributed by atoms with van der Waals surface area (Å²) in [4.78, 5) is 12.1. The second-order valence-electron chi connectivity index (χ2n) is 5.75. The van der Waals surface area contributed by atoms with Crippen LogP contribution in [0.25, 0.3) is 0 Å². The maximum atomic E-state index is 12.1. The molecule has 0 saturated carbocycles. The quantitative estimate of drug-likeness (QED) is 0.796. The Labute approximate surface area is 130 Å². The number of benzene rings is 1. The first-order valence-corrected chi connectivity index (χ1v) is 7.97. The number of hydrogen-bond acceptors (Lipinski definition) is 2. The molecule has 20 heavy (non-hydrogen) atoms. The first-order valence-electron chi connectivity index (χ1n) is 7.17. The number of nitrogens with one attached hydrogen (secondary N) is 1. The fourth-order valence-electron chi connectivity index (χ4n) is 2.40. The van der Waals surface area contributed by atoms with Crippen LogP contribution in [0.2, 0.25) is 0 Å². The largest absolute Gasteiger partial charge is 0.350 e. The number of nitrogens with two attached hydrogens (primary N) is 1. The summed E-state index contributed by atoms with van der Waals surface area (Å²) in [5.41, 5.74) is 6.84. The van der Waals surface area contributed by atoms with Crippen molar-refractivity contribution in [3.63, 3.8) is 0 Å². The lowest BCUT2D eigenvalue weighted by atomic mass is 9.94. The normalized spacial score (nSPS) is 14.1. The molecular formula is C16H25BrN2O. The third kappa shape index (κ3) is 5.63. The van der Waals surface area contributed by atoms with Crippen LogP contribution in [0.5, 0.6) is 0 Å². The number of hydrogen-bond donors (Lipinski definition) is 2. The molecule has 2 atom stereocenters. The van der Waals surface area contributed by atoms with Crippen molar-refractivity contribution in [2.75, 3.05) is 6.54 Å². The van der Waals surface area contributed by atoms with E-state index in [0.29, 0.717) is 18.9 Å². The molecule has 0 aliphatic heterocycles. The van der Waals surface area contributed by atoms with Gasteiger partial charge in [-0.1, -0.05) is 48.0 Å². The second-order valence-corrected chi connectivity index (χ2v) is 6.60. The molecule has 3 N–H and O–H groups in total. The lowest BCUT2D eigenvalue weighted by Gasteiger charge is -2.20. The summed E-state index contributed by atoms with van der Waals surface area (Å²) < 4.78 is 1.02. The molecule has 0 aromatic heterocycles. The van der Waals surface area contributed by atoms with Crippen molar-refractivity contribution in [2.45, 2.75) is 39.7 Å².